The summed E-state index contributed by atoms with van der Waals surface area (Å²) in [5.41, 5.74) is 7.68. The van der Waals surface area contributed by atoms with Crippen LogP contribution in [0.4, 0.5) is 11.4 Å². The number of rotatable bonds is 6. The number of carbonyl (C=O) groups is 1. The average molecular weight is 496 g/mol. The van der Waals surface area contributed by atoms with Crippen LogP contribution in [0.2, 0.25) is 0 Å². The van der Waals surface area contributed by atoms with Gasteiger partial charge < -0.3 is 24.4 Å². The van der Waals surface area contributed by atoms with Gasteiger partial charge in [0.1, 0.15) is 5.75 Å². The summed E-state index contributed by atoms with van der Waals surface area (Å²) in [6.07, 6.45) is 3.81. The highest BCUT2D eigenvalue weighted by molar-refractivity contribution is 6.05. The van der Waals surface area contributed by atoms with E-state index in [1.165, 1.54) is 0 Å². The van der Waals surface area contributed by atoms with Gasteiger partial charge in [0.2, 0.25) is 0 Å². The molecule has 0 spiro atoms. The number of benzene rings is 3. The Balaban J connectivity index is 1.31. The molecular formula is C30H33N5O2. The van der Waals surface area contributed by atoms with E-state index >= 15 is 0 Å². The SMILES string of the molecule is COc1ccc(NC(=O)c2ccc(-c3ccc(-c4cn(C)cn4)cc3)c(C)c2)cc1N1CCN(C)CC1. The van der Waals surface area contributed by atoms with E-state index in [1.54, 1.807) is 13.4 Å². The Morgan fingerprint density at radius 2 is 1.65 bits per heavy atom. The van der Waals surface area contributed by atoms with Crippen LogP contribution in [0.1, 0.15) is 15.9 Å². The van der Waals surface area contributed by atoms with E-state index in [0.717, 1.165) is 71.3 Å². The molecule has 0 aliphatic carbocycles. The lowest BCUT2D eigenvalue weighted by molar-refractivity contribution is 0.102. The van der Waals surface area contributed by atoms with Gasteiger partial charge in [-0.1, -0.05) is 30.3 Å². The standard InChI is InChI=1S/C30H33N5O2/c1-21-17-24(9-11-26(21)22-5-7-23(8-6-22)27-19-34(3)20-31-27)30(36)32-25-10-12-29(37-4)28(18-25)35-15-13-33(2)14-16-35/h5-12,17-20H,13-16H2,1-4H3,(H,32,36). The van der Waals surface area contributed by atoms with Crippen LogP contribution in [0.15, 0.2) is 73.2 Å². The van der Waals surface area contributed by atoms with Crippen molar-refractivity contribution in [2.24, 2.45) is 7.05 Å². The number of carbonyl (C=O) groups excluding carboxylic acids is 1. The van der Waals surface area contributed by atoms with E-state index in [-0.39, 0.29) is 5.91 Å². The Kier molecular flexibility index (Phi) is 6.97. The van der Waals surface area contributed by atoms with E-state index < -0.39 is 0 Å². The number of hydrogen-bond donors (Lipinski definition) is 1. The van der Waals surface area contributed by atoms with E-state index in [4.69, 9.17) is 4.74 Å². The average Bonchev–Trinajstić information content (AvgIpc) is 3.35. The summed E-state index contributed by atoms with van der Waals surface area (Å²) < 4.78 is 7.54. The van der Waals surface area contributed by atoms with Crippen molar-refractivity contribution in [1.29, 1.82) is 0 Å². The highest BCUT2D eigenvalue weighted by atomic mass is 16.5. The van der Waals surface area contributed by atoms with Crippen molar-refractivity contribution < 1.29 is 9.53 Å². The largest absolute Gasteiger partial charge is 0.495 e. The lowest BCUT2D eigenvalue weighted by Gasteiger charge is -2.35. The van der Waals surface area contributed by atoms with Gasteiger partial charge in [0.15, 0.2) is 0 Å². The first-order valence-electron chi connectivity index (χ1n) is 12.5. The van der Waals surface area contributed by atoms with Crippen LogP contribution in [0.5, 0.6) is 5.75 Å². The highest BCUT2D eigenvalue weighted by Crippen LogP contribution is 2.32. The fourth-order valence-corrected chi connectivity index (χ4v) is 4.78. The molecule has 1 aliphatic heterocycles. The molecule has 190 valence electrons. The summed E-state index contributed by atoms with van der Waals surface area (Å²) in [5.74, 6) is 0.687. The molecule has 7 nitrogen and oxygen atoms in total. The lowest BCUT2D eigenvalue weighted by Crippen LogP contribution is -2.44. The minimum absolute atomic E-state index is 0.130. The smallest absolute Gasteiger partial charge is 0.255 e. The first-order valence-corrected chi connectivity index (χ1v) is 12.5. The van der Waals surface area contributed by atoms with Crippen molar-refractivity contribution in [2.45, 2.75) is 6.92 Å². The quantitative estimate of drug-likeness (QED) is 0.404. The normalized spacial score (nSPS) is 14.0. The Hall–Kier alpha value is -4.10. The van der Waals surface area contributed by atoms with E-state index in [1.807, 2.05) is 61.1 Å². The van der Waals surface area contributed by atoms with Crippen molar-refractivity contribution in [1.82, 2.24) is 14.5 Å². The molecule has 0 bridgehead atoms. The van der Waals surface area contributed by atoms with Crippen LogP contribution in [0.25, 0.3) is 22.4 Å². The molecule has 0 atom stereocenters. The second kappa shape index (κ2) is 10.5. The van der Waals surface area contributed by atoms with Gasteiger partial charge in [-0.3, -0.25) is 4.79 Å². The molecule has 2 heterocycles. The summed E-state index contributed by atoms with van der Waals surface area (Å²) in [5, 5.41) is 3.07. The number of methoxy groups -OCH3 is 1. The predicted octanol–water partition coefficient (Wildman–Crippen LogP) is 5.08. The third kappa shape index (κ3) is 5.37. The fourth-order valence-electron chi connectivity index (χ4n) is 4.78. The third-order valence-corrected chi connectivity index (χ3v) is 6.97. The topological polar surface area (TPSA) is 62.6 Å². The molecule has 1 aromatic heterocycles. The summed E-state index contributed by atoms with van der Waals surface area (Å²) in [4.78, 5) is 22.2. The zero-order chi connectivity index (χ0) is 25.9. The van der Waals surface area contributed by atoms with Crippen LogP contribution in [-0.4, -0.2) is 60.7 Å². The Morgan fingerprint density at radius 1 is 0.919 bits per heavy atom. The van der Waals surface area contributed by atoms with Gasteiger partial charge in [0.05, 0.1) is 24.8 Å². The highest BCUT2D eigenvalue weighted by Gasteiger charge is 2.19. The first-order chi connectivity index (χ1) is 17.9. The predicted molar refractivity (Wildman–Crippen MR) is 149 cm³/mol. The number of hydrogen-bond acceptors (Lipinski definition) is 5. The first kappa shape index (κ1) is 24.6. The number of nitrogens with one attached hydrogen (secondary N) is 1. The minimum Gasteiger partial charge on any atom is -0.495 e. The maximum atomic E-state index is 13.1. The number of aromatic nitrogens is 2. The second-order valence-electron chi connectivity index (χ2n) is 9.66. The van der Waals surface area contributed by atoms with Gasteiger partial charge in [0.25, 0.3) is 5.91 Å². The summed E-state index contributed by atoms with van der Waals surface area (Å²) >= 11 is 0. The van der Waals surface area contributed by atoms with Crippen molar-refractivity contribution >= 4 is 17.3 Å². The third-order valence-electron chi connectivity index (χ3n) is 6.97. The van der Waals surface area contributed by atoms with E-state index in [9.17, 15) is 4.79 Å². The molecule has 0 radical (unpaired) electrons. The molecule has 7 heteroatoms. The maximum absolute atomic E-state index is 13.1. The molecule has 1 aliphatic rings. The summed E-state index contributed by atoms with van der Waals surface area (Å²) in [6.45, 7) is 5.88. The number of imidazole rings is 1. The van der Waals surface area contributed by atoms with Crippen LogP contribution in [-0.2, 0) is 7.05 Å². The second-order valence-corrected chi connectivity index (χ2v) is 9.66. The summed E-state index contributed by atoms with van der Waals surface area (Å²) in [7, 11) is 5.78. The van der Waals surface area contributed by atoms with Crippen LogP contribution >= 0.6 is 0 Å². The number of amides is 1. The van der Waals surface area contributed by atoms with Gasteiger partial charge in [-0.15, -0.1) is 0 Å². The zero-order valence-corrected chi connectivity index (χ0v) is 21.9. The van der Waals surface area contributed by atoms with Gasteiger partial charge in [-0.05, 0) is 61.0 Å². The number of ether oxygens (including phenoxy) is 1. The Labute approximate surface area is 218 Å². The maximum Gasteiger partial charge on any atom is 0.255 e. The molecule has 37 heavy (non-hydrogen) atoms. The monoisotopic (exact) mass is 495 g/mol. The van der Waals surface area contributed by atoms with Crippen LogP contribution in [0.3, 0.4) is 0 Å². The zero-order valence-electron chi connectivity index (χ0n) is 21.9. The molecule has 4 aromatic rings. The van der Waals surface area contributed by atoms with Crippen LogP contribution in [0, 0.1) is 6.92 Å². The lowest BCUT2D eigenvalue weighted by atomic mass is 9.97. The molecule has 0 unspecified atom stereocenters. The number of piperazine rings is 1. The van der Waals surface area contributed by atoms with Gasteiger partial charge in [-0.25, -0.2) is 4.98 Å². The molecular weight excluding hydrogens is 462 g/mol. The molecule has 1 N–H and O–H groups in total. The minimum atomic E-state index is -0.130. The molecule has 5 rings (SSSR count). The number of nitrogens with zero attached hydrogens (tertiary/aromatic N) is 4. The van der Waals surface area contributed by atoms with Gasteiger partial charge in [-0.2, -0.15) is 0 Å². The van der Waals surface area contributed by atoms with E-state index in [2.05, 4.69) is 51.4 Å². The van der Waals surface area contributed by atoms with Crippen LogP contribution < -0.4 is 15.0 Å². The molecule has 1 amide bonds. The number of likely N-dealkylation sites (N-methyl/N-ethyl adjacent to an activating group) is 1. The van der Waals surface area contributed by atoms with Crippen molar-refractivity contribution in [3.05, 3.63) is 84.3 Å². The fraction of sp³-hybridized carbons (Fsp3) is 0.267. The van der Waals surface area contributed by atoms with E-state index in [0.29, 0.717) is 5.56 Å². The Bertz CT molecular complexity index is 1400. The van der Waals surface area contributed by atoms with Crippen molar-refractivity contribution in [3.8, 4) is 28.1 Å². The van der Waals surface area contributed by atoms with Gasteiger partial charge >= 0.3 is 0 Å². The summed E-state index contributed by atoms with van der Waals surface area (Å²) in [6, 6.07) is 20.0. The number of anilines is 2. The number of aryl methyl sites for hydroxylation is 2. The molecule has 1 saturated heterocycles. The van der Waals surface area contributed by atoms with Crippen molar-refractivity contribution in [3.63, 3.8) is 0 Å². The van der Waals surface area contributed by atoms with Gasteiger partial charge in [0, 0.05) is 56.2 Å². The van der Waals surface area contributed by atoms with Crippen molar-refractivity contribution in [2.75, 3.05) is 50.6 Å². The molecule has 1 fully saturated rings. The molecule has 0 saturated carbocycles. The Morgan fingerprint density at radius 3 is 2.30 bits per heavy atom. The molecule has 3 aromatic carbocycles.